The van der Waals surface area contributed by atoms with Gasteiger partial charge >= 0.3 is 0 Å². The van der Waals surface area contributed by atoms with E-state index in [0.717, 1.165) is 10.7 Å². The van der Waals surface area contributed by atoms with Gasteiger partial charge in [0.15, 0.2) is 0 Å². The highest BCUT2D eigenvalue weighted by molar-refractivity contribution is 7.09. The molecule has 8 heteroatoms. The molecule has 0 bridgehead atoms. The van der Waals surface area contributed by atoms with Crippen LogP contribution in [0.15, 0.2) is 20.9 Å². The van der Waals surface area contributed by atoms with Crippen LogP contribution >= 0.6 is 11.3 Å². The molecule has 0 spiro atoms. The molecule has 0 aromatic carbocycles. The lowest BCUT2D eigenvalue weighted by Gasteiger charge is -2.02. The normalized spacial score (nSPS) is 11.0. The van der Waals surface area contributed by atoms with Crippen molar-refractivity contribution in [1.82, 2.24) is 19.9 Å². The fourth-order valence-electron chi connectivity index (χ4n) is 2.19. The molecule has 3 heterocycles. The second kappa shape index (κ2) is 5.38. The maximum atomic E-state index is 12.4. The molecular weight excluding hydrogens is 304 g/mol. The van der Waals surface area contributed by atoms with E-state index < -0.39 is 0 Å². The molecule has 1 N–H and O–H groups in total. The molecule has 0 saturated carbocycles. The second-order valence-electron chi connectivity index (χ2n) is 4.94. The summed E-state index contributed by atoms with van der Waals surface area (Å²) in [7, 11) is 1.58. The standard InChI is InChI=1S/C14H14N4O3S/c1-7-5-22-9(17-7)4-15-12(19)10-8(2)21-13-11(10)14(20)18(3)6-16-13/h5-6H,4H2,1-3H3,(H,15,19). The van der Waals surface area contributed by atoms with E-state index in [1.807, 2.05) is 12.3 Å². The summed E-state index contributed by atoms with van der Waals surface area (Å²) in [6.45, 7) is 3.85. The Morgan fingerprint density at radius 1 is 1.45 bits per heavy atom. The van der Waals surface area contributed by atoms with Crippen molar-refractivity contribution in [2.45, 2.75) is 20.4 Å². The molecule has 22 heavy (non-hydrogen) atoms. The average molecular weight is 318 g/mol. The minimum Gasteiger partial charge on any atom is -0.442 e. The molecule has 0 unspecified atom stereocenters. The van der Waals surface area contributed by atoms with Gasteiger partial charge in [0.25, 0.3) is 11.5 Å². The van der Waals surface area contributed by atoms with Crippen LogP contribution in [-0.2, 0) is 13.6 Å². The fourth-order valence-corrected chi connectivity index (χ4v) is 2.90. The zero-order valence-corrected chi connectivity index (χ0v) is 13.2. The Morgan fingerprint density at radius 2 is 2.23 bits per heavy atom. The molecule has 7 nitrogen and oxygen atoms in total. The highest BCUT2D eigenvalue weighted by Crippen LogP contribution is 2.20. The highest BCUT2D eigenvalue weighted by Gasteiger charge is 2.22. The molecule has 0 saturated heterocycles. The Hall–Kier alpha value is -2.48. The van der Waals surface area contributed by atoms with Crippen molar-refractivity contribution in [2.75, 3.05) is 0 Å². The number of rotatable bonds is 3. The molecule has 3 aromatic heterocycles. The third-order valence-electron chi connectivity index (χ3n) is 3.24. The monoisotopic (exact) mass is 318 g/mol. The van der Waals surface area contributed by atoms with E-state index in [0.29, 0.717) is 12.3 Å². The van der Waals surface area contributed by atoms with Crippen molar-refractivity contribution in [3.8, 4) is 0 Å². The lowest BCUT2D eigenvalue weighted by atomic mass is 10.2. The van der Waals surface area contributed by atoms with Gasteiger partial charge in [0, 0.05) is 18.1 Å². The third kappa shape index (κ3) is 2.41. The summed E-state index contributed by atoms with van der Waals surface area (Å²) >= 11 is 1.47. The number of carbonyl (C=O) groups excluding carboxylic acids is 1. The molecule has 3 aromatic rings. The molecule has 0 aliphatic heterocycles. The number of aryl methyl sites for hydroxylation is 3. The van der Waals surface area contributed by atoms with Crippen LogP contribution in [0.5, 0.6) is 0 Å². The van der Waals surface area contributed by atoms with E-state index in [-0.39, 0.29) is 28.1 Å². The molecule has 0 atom stereocenters. The van der Waals surface area contributed by atoms with Crippen molar-refractivity contribution in [3.63, 3.8) is 0 Å². The van der Waals surface area contributed by atoms with Crippen molar-refractivity contribution >= 4 is 28.3 Å². The Bertz CT molecular complexity index is 922. The number of thiazole rings is 1. The van der Waals surface area contributed by atoms with Crippen LogP contribution in [0.25, 0.3) is 11.1 Å². The van der Waals surface area contributed by atoms with Crippen LogP contribution in [0.3, 0.4) is 0 Å². The quantitative estimate of drug-likeness (QED) is 0.791. The summed E-state index contributed by atoms with van der Waals surface area (Å²) < 4.78 is 6.73. The van der Waals surface area contributed by atoms with E-state index >= 15 is 0 Å². The predicted molar refractivity (Wildman–Crippen MR) is 82.0 cm³/mol. The first kappa shape index (κ1) is 14.5. The van der Waals surface area contributed by atoms with Crippen molar-refractivity contribution in [2.24, 2.45) is 7.05 Å². The third-order valence-corrected chi connectivity index (χ3v) is 4.21. The number of nitrogens with one attached hydrogen (secondary N) is 1. The molecule has 0 radical (unpaired) electrons. The van der Waals surface area contributed by atoms with Gasteiger partial charge in [0.2, 0.25) is 5.71 Å². The van der Waals surface area contributed by atoms with Crippen molar-refractivity contribution in [3.05, 3.63) is 44.1 Å². The number of carbonyl (C=O) groups is 1. The zero-order valence-electron chi connectivity index (χ0n) is 12.3. The summed E-state index contributed by atoms with van der Waals surface area (Å²) in [5.74, 6) is 0.00724. The van der Waals surface area contributed by atoms with Crippen LogP contribution in [0.4, 0.5) is 0 Å². The predicted octanol–water partition coefficient (Wildman–Crippen LogP) is 1.53. The number of nitrogens with zero attached hydrogens (tertiary/aromatic N) is 3. The van der Waals surface area contributed by atoms with Crippen LogP contribution in [0.2, 0.25) is 0 Å². The first-order chi connectivity index (χ1) is 10.5. The van der Waals surface area contributed by atoms with Gasteiger partial charge in [0.1, 0.15) is 22.5 Å². The largest absolute Gasteiger partial charge is 0.442 e. The summed E-state index contributed by atoms with van der Waals surface area (Å²) in [5, 5.41) is 5.70. The topological polar surface area (TPSA) is 90.0 Å². The van der Waals surface area contributed by atoms with Gasteiger partial charge in [-0.05, 0) is 13.8 Å². The Labute approximate surface area is 129 Å². The lowest BCUT2D eigenvalue weighted by molar-refractivity contribution is 0.0950. The Balaban J connectivity index is 1.95. The number of fused-ring (bicyclic) bond motifs is 1. The summed E-state index contributed by atoms with van der Waals surface area (Å²) in [6.07, 6.45) is 1.37. The maximum absolute atomic E-state index is 12.4. The Kier molecular flexibility index (Phi) is 3.53. The number of amides is 1. The molecule has 0 aliphatic rings. The van der Waals surface area contributed by atoms with Gasteiger partial charge < -0.3 is 14.3 Å². The maximum Gasteiger partial charge on any atom is 0.265 e. The highest BCUT2D eigenvalue weighted by atomic mass is 32.1. The van der Waals surface area contributed by atoms with Crippen molar-refractivity contribution in [1.29, 1.82) is 0 Å². The molecular formula is C14H14N4O3S. The SMILES string of the molecule is Cc1csc(CNC(=O)c2c(C)oc3ncn(C)c(=O)c23)n1. The number of aromatic nitrogens is 3. The molecule has 114 valence electrons. The Morgan fingerprint density at radius 3 is 2.91 bits per heavy atom. The number of hydrogen-bond acceptors (Lipinski definition) is 6. The van der Waals surface area contributed by atoms with Gasteiger partial charge in [-0.2, -0.15) is 0 Å². The van der Waals surface area contributed by atoms with Gasteiger partial charge in [-0.1, -0.05) is 0 Å². The summed E-state index contributed by atoms with van der Waals surface area (Å²) in [5.41, 5.74) is 1.02. The minimum absolute atomic E-state index is 0.177. The summed E-state index contributed by atoms with van der Waals surface area (Å²) in [4.78, 5) is 32.9. The van der Waals surface area contributed by atoms with E-state index in [9.17, 15) is 9.59 Å². The minimum atomic E-state index is -0.366. The fraction of sp³-hybridized carbons (Fsp3) is 0.286. The first-order valence-electron chi connectivity index (χ1n) is 6.61. The van der Waals surface area contributed by atoms with Gasteiger partial charge in [-0.3, -0.25) is 9.59 Å². The van der Waals surface area contributed by atoms with Crippen LogP contribution in [-0.4, -0.2) is 20.4 Å². The van der Waals surface area contributed by atoms with E-state index in [2.05, 4.69) is 15.3 Å². The first-order valence-corrected chi connectivity index (χ1v) is 7.49. The van der Waals surface area contributed by atoms with Crippen molar-refractivity contribution < 1.29 is 9.21 Å². The van der Waals surface area contributed by atoms with Crippen LogP contribution < -0.4 is 10.9 Å². The average Bonchev–Trinajstić information content (AvgIpc) is 3.04. The van der Waals surface area contributed by atoms with Crippen LogP contribution in [0, 0.1) is 13.8 Å². The zero-order chi connectivity index (χ0) is 15.9. The van der Waals surface area contributed by atoms with E-state index in [1.54, 1.807) is 14.0 Å². The van der Waals surface area contributed by atoms with E-state index in [1.165, 1.54) is 22.2 Å². The van der Waals surface area contributed by atoms with E-state index in [4.69, 9.17) is 4.42 Å². The molecule has 0 aliphatic carbocycles. The molecule has 3 rings (SSSR count). The number of hydrogen-bond donors (Lipinski definition) is 1. The lowest BCUT2D eigenvalue weighted by Crippen LogP contribution is -2.25. The number of furan rings is 1. The molecule has 0 fully saturated rings. The summed E-state index contributed by atoms with van der Waals surface area (Å²) in [6, 6.07) is 0. The van der Waals surface area contributed by atoms with Gasteiger partial charge in [-0.15, -0.1) is 11.3 Å². The smallest absolute Gasteiger partial charge is 0.265 e. The van der Waals surface area contributed by atoms with Gasteiger partial charge in [0.05, 0.1) is 12.1 Å². The van der Waals surface area contributed by atoms with Crippen LogP contribution in [0.1, 0.15) is 26.8 Å². The molecule has 1 amide bonds. The van der Waals surface area contributed by atoms with Gasteiger partial charge in [-0.25, -0.2) is 9.97 Å². The second-order valence-corrected chi connectivity index (χ2v) is 5.88.